The third kappa shape index (κ3) is 4.67. The van der Waals surface area contributed by atoms with Crippen molar-refractivity contribution >= 4 is 34.1 Å². The highest BCUT2D eigenvalue weighted by Gasteiger charge is 2.20. The van der Waals surface area contributed by atoms with Gasteiger partial charge in [0.2, 0.25) is 5.13 Å². The Morgan fingerprint density at radius 2 is 2.09 bits per heavy atom. The smallest absolute Gasteiger partial charge is 0.267 e. The molecule has 1 heterocycles. The van der Waals surface area contributed by atoms with Gasteiger partial charge in [0.15, 0.2) is 10.4 Å². The number of rotatable bonds is 7. The van der Waals surface area contributed by atoms with Crippen molar-refractivity contribution < 1.29 is 13.9 Å². The molecule has 1 amide bonds. The maximum Gasteiger partial charge on any atom is 0.267 e. The molecular formula is C14H16FN3O2S2. The van der Waals surface area contributed by atoms with E-state index in [0.29, 0.717) is 17.3 Å². The molecule has 1 aromatic carbocycles. The van der Waals surface area contributed by atoms with Crippen molar-refractivity contribution in [3.63, 3.8) is 0 Å². The summed E-state index contributed by atoms with van der Waals surface area (Å²) in [4.78, 5) is 12.2. The zero-order valence-corrected chi connectivity index (χ0v) is 13.8. The summed E-state index contributed by atoms with van der Waals surface area (Å²) in [5, 5.41) is 11.0. The quantitative estimate of drug-likeness (QED) is 0.616. The summed E-state index contributed by atoms with van der Waals surface area (Å²) < 4.78 is 19.3. The number of halogens is 1. The molecule has 0 unspecified atom stereocenters. The van der Waals surface area contributed by atoms with Gasteiger partial charge in [-0.3, -0.25) is 10.1 Å². The molecule has 0 radical (unpaired) electrons. The van der Waals surface area contributed by atoms with Crippen LogP contribution in [0.5, 0.6) is 5.75 Å². The van der Waals surface area contributed by atoms with Crippen LogP contribution in [0.2, 0.25) is 0 Å². The van der Waals surface area contributed by atoms with Gasteiger partial charge in [-0.05, 0) is 36.4 Å². The monoisotopic (exact) mass is 341 g/mol. The largest absolute Gasteiger partial charge is 0.481 e. The molecule has 8 heteroatoms. The number of thioether (sulfide) groups is 1. The molecule has 1 aromatic heterocycles. The molecule has 22 heavy (non-hydrogen) atoms. The fourth-order valence-electron chi connectivity index (χ4n) is 1.63. The molecule has 1 atom stereocenters. The van der Waals surface area contributed by atoms with Gasteiger partial charge in [0.05, 0.1) is 0 Å². The van der Waals surface area contributed by atoms with E-state index in [9.17, 15) is 9.18 Å². The molecular weight excluding hydrogens is 325 g/mol. The fourth-order valence-corrected chi connectivity index (χ4v) is 3.28. The number of hydrogen-bond acceptors (Lipinski definition) is 6. The predicted octanol–water partition coefficient (Wildman–Crippen LogP) is 3.59. The van der Waals surface area contributed by atoms with Crippen LogP contribution in [-0.4, -0.2) is 28.0 Å². The molecule has 2 rings (SSSR count). The summed E-state index contributed by atoms with van der Waals surface area (Å²) >= 11 is 2.89. The normalized spacial score (nSPS) is 12.0. The first kappa shape index (κ1) is 16.7. The highest BCUT2D eigenvalue weighted by Crippen LogP contribution is 2.25. The van der Waals surface area contributed by atoms with E-state index in [4.69, 9.17) is 4.74 Å². The SMILES string of the molecule is CCSc1nnc(NC(=O)[C@H](CC)Oc2ccc(F)cc2)s1. The number of carbonyl (C=O) groups excluding carboxylic acids is 1. The average molecular weight is 341 g/mol. The third-order valence-corrected chi connectivity index (χ3v) is 4.51. The molecule has 0 aliphatic carbocycles. The molecule has 0 fully saturated rings. The maximum atomic E-state index is 12.9. The highest BCUT2D eigenvalue weighted by molar-refractivity contribution is 8.01. The lowest BCUT2D eigenvalue weighted by molar-refractivity contribution is -0.122. The van der Waals surface area contributed by atoms with E-state index >= 15 is 0 Å². The zero-order chi connectivity index (χ0) is 15.9. The van der Waals surface area contributed by atoms with Crippen LogP contribution in [0.25, 0.3) is 0 Å². The molecule has 0 bridgehead atoms. The second-order valence-electron chi connectivity index (χ2n) is 4.26. The van der Waals surface area contributed by atoms with Crippen LogP contribution in [-0.2, 0) is 4.79 Å². The number of benzene rings is 1. The Morgan fingerprint density at radius 3 is 2.73 bits per heavy atom. The third-order valence-electron chi connectivity index (χ3n) is 2.66. The van der Waals surface area contributed by atoms with E-state index < -0.39 is 6.10 Å². The van der Waals surface area contributed by atoms with Crippen LogP contribution in [0, 0.1) is 5.82 Å². The maximum absolute atomic E-state index is 12.9. The summed E-state index contributed by atoms with van der Waals surface area (Å²) in [7, 11) is 0. The van der Waals surface area contributed by atoms with Crippen molar-refractivity contribution in [1.29, 1.82) is 0 Å². The molecule has 1 N–H and O–H groups in total. The lowest BCUT2D eigenvalue weighted by Crippen LogP contribution is -2.32. The van der Waals surface area contributed by atoms with Gasteiger partial charge in [0.1, 0.15) is 11.6 Å². The van der Waals surface area contributed by atoms with E-state index in [1.165, 1.54) is 35.6 Å². The van der Waals surface area contributed by atoms with Crippen LogP contribution in [0.4, 0.5) is 9.52 Å². The van der Waals surface area contributed by atoms with Gasteiger partial charge in [-0.2, -0.15) is 0 Å². The summed E-state index contributed by atoms with van der Waals surface area (Å²) in [5.41, 5.74) is 0. The lowest BCUT2D eigenvalue weighted by Gasteiger charge is -2.16. The van der Waals surface area contributed by atoms with Crippen molar-refractivity contribution in [1.82, 2.24) is 10.2 Å². The fraction of sp³-hybridized carbons (Fsp3) is 0.357. The molecule has 2 aromatic rings. The number of ether oxygens (including phenoxy) is 1. The van der Waals surface area contributed by atoms with Gasteiger partial charge in [-0.15, -0.1) is 10.2 Å². The van der Waals surface area contributed by atoms with Gasteiger partial charge in [-0.1, -0.05) is 36.9 Å². The van der Waals surface area contributed by atoms with Crippen LogP contribution in [0.3, 0.4) is 0 Å². The number of hydrogen-bond donors (Lipinski definition) is 1. The number of carbonyl (C=O) groups is 1. The van der Waals surface area contributed by atoms with Crippen LogP contribution >= 0.6 is 23.1 Å². The summed E-state index contributed by atoms with van der Waals surface area (Å²) in [5.74, 6) is 0.701. The van der Waals surface area contributed by atoms with Gasteiger partial charge < -0.3 is 4.74 Å². The first-order chi connectivity index (χ1) is 10.6. The first-order valence-electron chi connectivity index (χ1n) is 6.81. The molecule has 0 saturated carbocycles. The Bertz CT molecular complexity index is 619. The van der Waals surface area contributed by atoms with Crippen molar-refractivity contribution in [2.45, 2.75) is 30.7 Å². The lowest BCUT2D eigenvalue weighted by atomic mass is 10.2. The van der Waals surface area contributed by atoms with E-state index in [0.717, 1.165) is 10.1 Å². The van der Waals surface area contributed by atoms with Gasteiger partial charge in [-0.25, -0.2) is 4.39 Å². The van der Waals surface area contributed by atoms with Crippen molar-refractivity contribution in [3.05, 3.63) is 30.1 Å². The molecule has 0 aliphatic rings. The number of aromatic nitrogens is 2. The number of nitrogens with one attached hydrogen (secondary N) is 1. The predicted molar refractivity (Wildman–Crippen MR) is 86.0 cm³/mol. The number of anilines is 1. The van der Waals surface area contributed by atoms with Gasteiger partial charge in [0.25, 0.3) is 5.91 Å². The van der Waals surface area contributed by atoms with E-state index in [-0.39, 0.29) is 11.7 Å². The number of nitrogens with zero attached hydrogens (tertiary/aromatic N) is 2. The Balaban J connectivity index is 1.97. The Kier molecular flexibility index (Phi) is 6.14. The van der Waals surface area contributed by atoms with Crippen LogP contribution in [0.1, 0.15) is 20.3 Å². The molecule has 118 valence electrons. The van der Waals surface area contributed by atoms with Gasteiger partial charge >= 0.3 is 0 Å². The second kappa shape index (κ2) is 8.09. The highest BCUT2D eigenvalue weighted by atomic mass is 32.2. The Labute approximate surface area is 136 Å². The molecule has 0 spiro atoms. The minimum absolute atomic E-state index is 0.295. The summed E-state index contributed by atoms with van der Waals surface area (Å²) in [6.07, 6.45) is -0.185. The summed E-state index contributed by atoms with van der Waals surface area (Å²) in [6.45, 7) is 3.86. The number of amides is 1. The van der Waals surface area contributed by atoms with E-state index in [1.54, 1.807) is 11.8 Å². The Hall–Kier alpha value is -1.67. The zero-order valence-electron chi connectivity index (χ0n) is 12.2. The average Bonchev–Trinajstić information content (AvgIpc) is 2.94. The first-order valence-corrected chi connectivity index (χ1v) is 8.62. The second-order valence-corrected chi connectivity index (χ2v) is 6.75. The molecule has 0 aliphatic heterocycles. The minimum atomic E-state index is -0.670. The van der Waals surface area contributed by atoms with E-state index in [2.05, 4.69) is 15.5 Å². The van der Waals surface area contributed by atoms with Crippen molar-refractivity contribution in [3.8, 4) is 5.75 Å². The van der Waals surface area contributed by atoms with Crippen molar-refractivity contribution in [2.75, 3.05) is 11.1 Å². The topological polar surface area (TPSA) is 64.1 Å². The standard InChI is InChI=1S/C14H16FN3O2S2/c1-3-11(20-10-7-5-9(15)6-8-10)12(19)16-13-17-18-14(22-13)21-4-2/h5-8,11H,3-4H2,1-2H3,(H,16,17,19)/t11-/m0/s1. The van der Waals surface area contributed by atoms with E-state index in [1.807, 2.05) is 13.8 Å². The van der Waals surface area contributed by atoms with Gasteiger partial charge in [0, 0.05) is 0 Å². The molecule has 5 nitrogen and oxygen atoms in total. The van der Waals surface area contributed by atoms with Crippen LogP contribution < -0.4 is 10.1 Å². The minimum Gasteiger partial charge on any atom is -0.481 e. The van der Waals surface area contributed by atoms with Crippen molar-refractivity contribution in [2.24, 2.45) is 0 Å². The Morgan fingerprint density at radius 1 is 1.36 bits per heavy atom. The van der Waals surface area contributed by atoms with Crippen LogP contribution in [0.15, 0.2) is 28.6 Å². The summed E-state index contributed by atoms with van der Waals surface area (Å²) in [6, 6.07) is 5.57. The molecule has 0 saturated heterocycles.